The van der Waals surface area contributed by atoms with E-state index >= 15 is 0 Å². The standard InChI is InChI=1S/C27H25FN2O3/c1-4-15-33-22-13-11-19(12-14-22)24-25(29-23-10-5-7-17(2)18(23)3)27(32)30(26(24)31)21-9-6-8-20(28)16-21/h5-14,16,29H,4,15H2,1-3H3. The van der Waals surface area contributed by atoms with Crippen LogP contribution in [0.3, 0.4) is 0 Å². The van der Waals surface area contributed by atoms with Crippen molar-refractivity contribution in [3.8, 4) is 5.75 Å². The molecule has 0 unspecified atom stereocenters. The van der Waals surface area contributed by atoms with Crippen molar-refractivity contribution in [1.82, 2.24) is 0 Å². The molecule has 4 rings (SSSR count). The number of halogens is 1. The molecule has 3 aromatic rings. The molecular weight excluding hydrogens is 419 g/mol. The van der Waals surface area contributed by atoms with E-state index in [0.717, 1.165) is 28.1 Å². The molecule has 3 aromatic carbocycles. The van der Waals surface area contributed by atoms with Crippen LogP contribution in [0.2, 0.25) is 0 Å². The summed E-state index contributed by atoms with van der Waals surface area (Å²) in [6.07, 6.45) is 0.881. The van der Waals surface area contributed by atoms with Crippen LogP contribution in [0.4, 0.5) is 15.8 Å². The second kappa shape index (κ2) is 9.28. The van der Waals surface area contributed by atoms with E-state index in [1.54, 1.807) is 30.3 Å². The Kier molecular flexibility index (Phi) is 6.27. The van der Waals surface area contributed by atoms with Crippen LogP contribution in [0.25, 0.3) is 5.57 Å². The van der Waals surface area contributed by atoms with Gasteiger partial charge in [-0.2, -0.15) is 0 Å². The highest BCUT2D eigenvalue weighted by atomic mass is 19.1. The normalized spacial score (nSPS) is 13.6. The van der Waals surface area contributed by atoms with Crippen molar-refractivity contribution < 1.29 is 18.7 Å². The minimum atomic E-state index is -0.534. The van der Waals surface area contributed by atoms with Gasteiger partial charge in [0.25, 0.3) is 11.8 Å². The Balaban J connectivity index is 1.79. The summed E-state index contributed by atoms with van der Waals surface area (Å²) in [5.41, 5.74) is 3.89. The molecular formula is C27H25FN2O3. The van der Waals surface area contributed by atoms with E-state index in [4.69, 9.17) is 4.74 Å². The number of carbonyl (C=O) groups is 2. The lowest BCUT2D eigenvalue weighted by Gasteiger charge is -2.16. The zero-order valence-corrected chi connectivity index (χ0v) is 18.8. The van der Waals surface area contributed by atoms with Gasteiger partial charge in [-0.15, -0.1) is 0 Å². The molecule has 0 fully saturated rings. The fourth-order valence-electron chi connectivity index (χ4n) is 3.72. The van der Waals surface area contributed by atoms with Crippen molar-refractivity contribution in [2.24, 2.45) is 0 Å². The van der Waals surface area contributed by atoms with E-state index in [-0.39, 0.29) is 17.0 Å². The smallest absolute Gasteiger partial charge is 0.282 e. The highest BCUT2D eigenvalue weighted by Crippen LogP contribution is 2.35. The molecule has 0 radical (unpaired) electrons. The number of benzene rings is 3. The topological polar surface area (TPSA) is 58.6 Å². The Morgan fingerprint density at radius 2 is 1.67 bits per heavy atom. The molecule has 33 heavy (non-hydrogen) atoms. The van der Waals surface area contributed by atoms with E-state index in [2.05, 4.69) is 5.32 Å². The number of ether oxygens (including phenoxy) is 1. The second-order valence-electron chi connectivity index (χ2n) is 7.92. The molecule has 1 heterocycles. The SMILES string of the molecule is CCCOc1ccc(C2=C(Nc3cccc(C)c3C)C(=O)N(c3cccc(F)c3)C2=O)cc1. The molecule has 0 saturated carbocycles. The maximum atomic E-state index is 13.9. The number of hydrogen-bond acceptors (Lipinski definition) is 4. The summed E-state index contributed by atoms with van der Waals surface area (Å²) in [4.78, 5) is 28.0. The first-order valence-corrected chi connectivity index (χ1v) is 10.9. The maximum Gasteiger partial charge on any atom is 0.282 e. The Morgan fingerprint density at radius 1 is 0.939 bits per heavy atom. The van der Waals surface area contributed by atoms with Crippen molar-refractivity contribution >= 4 is 28.8 Å². The predicted molar refractivity (Wildman–Crippen MR) is 128 cm³/mol. The van der Waals surface area contributed by atoms with Gasteiger partial charge in [-0.25, -0.2) is 9.29 Å². The van der Waals surface area contributed by atoms with Gasteiger partial charge < -0.3 is 10.1 Å². The number of rotatable bonds is 7. The zero-order chi connectivity index (χ0) is 23.5. The van der Waals surface area contributed by atoms with Gasteiger partial charge in [-0.3, -0.25) is 9.59 Å². The molecule has 0 saturated heterocycles. The minimum absolute atomic E-state index is 0.153. The van der Waals surface area contributed by atoms with Gasteiger partial charge in [-0.05, 0) is 73.4 Å². The second-order valence-corrected chi connectivity index (χ2v) is 7.92. The van der Waals surface area contributed by atoms with Crippen LogP contribution in [-0.2, 0) is 9.59 Å². The average Bonchev–Trinajstić information content (AvgIpc) is 3.05. The van der Waals surface area contributed by atoms with Crippen LogP contribution in [0, 0.1) is 19.7 Å². The minimum Gasteiger partial charge on any atom is -0.494 e. The molecule has 0 aromatic heterocycles. The number of aryl methyl sites for hydroxylation is 1. The highest BCUT2D eigenvalue weighted by Gasteiger charge is 2.40. The van der Waals surface area contributed by atoms with Crippen molar-refractivity contribution in [1.29, 1.82) is 0 Å². The van der Waals surface area contributed by atoms with Crippen molar-refractivity contribution in [3.05, 3.63) is 94.9 Å². The first kappa shape index (κ1) is 22.3. The molecule has 6 heteroatoms. The van der Waals surface area contributed by atoms with Gasteiger partial charge in [0.1, 0.15) is 17.3 Å². The number of imide groups is 1. The summed E-state index contributed by atoms with van der Waals surface area (Å²) in [5, 5.41) is 3.18. The summed E-state index contributed by atoms with van der Waals surface area (Å²) >= 11 is 0. The number of carbonyl (C=O) groups excluding carboxylic acids is 2. The lowest BCUT2D eigenvalue weighted by atomic mass is 10.0. The van der Waals surface area contributed by atoms with Crippen molar-refractivity contribution in [2.45, 2.75) is 27.2 Å². The third kappa shape index (κ3) is 4.37. The summed E-state index contributed by atoms with van der Waals surface area (Å²) < 4.78 is 19.5. The van der Waals surface area contributed by atoms with E-state index in [0.29, 0.717) is 17.9 Å². The van der Waals surface area contributed by atoms with Crippen molar-refractivity contribution in [2.75, 3.05) is 16.8 Å². The maximum absolute atomic E-state index is 13.9. The fraction of sp³-hybridized carbons (Fsp3) is 0.185. The first-order valence-electron chi connectivity index (χ1n) is 10.9. The molecule has 1 N–H and O–H groups in total. The van der Waals surface area contributed by atoms with E-state index in [9.17, 15) is 14.0 Å². The molecule has 0 atom stereocenters. The number of nitrogens with one attached hydrogen (secondary N) is 1. The predicted octanol–water partition coefficient (Wildman–Crippen LogP) is 5.63. The molecule has 1 aliphatic heterocycles. The number of nitrogens with zero attached hydrogens (tertiary/aromatic N) is 1. The molecule has 2 amide bonds. The average molecular weight is 445 g/mol. The fourth-order valence-corrected chi connectivity index (χ4v) is 3.72. The molecule has 168 valence electrons. The molecule has 1 aliphatic rings. The van der Waals surface area contributed by atoms with Crippen LogP contribution >= 0.6 is 0 Å². The monoisotopic (exact) mass is 444 g/mol. The first-order chi connectivity index (χ1) is 15.9. The third-order valence-corrected chi connectivity index (χ3v) is 5.63. The third-order valence-electron chi connectivity index (χ3n) is 5.63. The Morgan fingerprint density at radius 3 is 2.36 bits per heavy atom. The molecule has 0 aliphatic carbocycles. The lowest BCUT2D eigenvalue weighted by Crippen LogP contribution is -2.32. The summed E-state index contributed by atoms with van der Waals surface area (Å²) in [6.45, 7) is 6.54. The van der Waals surface area contributed by atoms with Gasteiger partial charge in [0.05, 0.1) is 17.9 Å². The van der Waals surface area contributed by atoms with Gasteiger partial charge >= 0.3 is 0 Å². The quantitative estimate of drug-likeness (QED) is 0.480. The summed E-state index contributed by atoms with van der Waals surface area (Å²) in [5.74, 6) is -0.888. The molecule has 0 bridgehead atoms. The van der Waals surface area contributed by atoms with E-state index in [1.807, 2.05) is 39.0 Å². The van der Waals surface area contributed by atoms with E-state index in [1.165, 1.54) is 18.2 Å². The van der Waals surface area contributed by atoms with Gasteiger partial charge in [0.2, 0.25) is 0 Å². The Hall–Kier alpha value is -3.93. The zero-order valence-electron chi connectivity index (χ0n) is 18.8. The van der Waals surface area contributed by atoms with Crippen LogP contribution in [0.1, 0.15) is 30.0 Å². The van der Waals surface area contributed by atoms with Crippen LogP contribution in [0.15, 0.2) is 72.4 Å². The molecule has 5 nitrogen and oxygen atoms in total. The van der Waals surface area contributed by atoms with Gasteiger partial charge in [0.15, 0.2) is 0 Å². The highest BCUT2D eigenvalue weighted by molar-refractivity contribution is 6.46. The lowest BCUT2D eigenvalue weighted by molar-refractivity contribution is -0.120. The largest absolute Gasteiger partial charge is 0.494 e. The van der Waals surface area contributed by atoms with Crippen LogP contribution in [0.5, 0.6) is 5.75 Å². The number of hydrogen-bond donors (Lipinski definition) is 1. The van der Waals surface area contributed by atoms with Crippen LogP contribution in [-0.4, -0.2) is 18.4 Å². The van der Waals surface area contributed by atoms with Gasteiger partial charge in [-0.1, -0.05) is 37.3 Å². The molecule has 0 spiro atoms. The Labute approximate surface area is 192 Å². The number of anilines is 2. The summed E-state index contributed by atoms with van der Waals surface area (Å²) in [6, 6.07) is 18.2. The van der Waals surface area contributed by atoms with Crippen molar-refractivity contribution in [3.63, 3.8) is 0 Å². The van der Waals surface area contributed by atoms with E-state index < -0.39 is 17.6 Å². The van der Waals surface area contributed by atoms with Crippen LogP contribution < -0.4 is 15.0 Å². The number of amides is 2. The van der Waals surface area contributed by atoms with Gasteiger partial charge in [0, 0.05) is 5.69 Å². The Bertz CT molecular complexity index is 1250. The summed E-state index contributed by atoms with van der Waals surface area (Å²) in [7, 11) is 0.